The number of carbonyl (C=O) groups is 1. The molecule has 2 aromatic rings. The molecule has 24 heavy (non-hydrogen) atoms. The Morgan fingerprint density at radius 3 is 2.71 bits per heavy atom. The van der Waals surface area contributed by atoms with Gasteiger partial charge in [0.05, 0.1) is 10.0 Å². The van der Waals surface area contributed by atoms with Crippen LogP contribution in [-0.4, -0.2) is 24.6 Å². The van der Waals surface area contributed by atoms with Gasteiger partial charge >= 0.3 is 0 Å². The summed E-state index contributed by atoms with van der Waals surface area (Å²) in [5, 5.41) is 0.975. The quantitative estimate of drug-likeness (QED) is 0.756. The Morgan fingerprint density at radius 2 is 1.92 bits per heavy atom. The molecule has 1 amide bonds. The summed E-state index contributed by atoms with van der Waals surface area (Å²) in [6.07, 6.45) is 3.27. The fraction of sp³-hybridized carbons (Fsp3) is 0.167. The lowest BCUT2D eigenvalue weighted by Gasteiger charge is -2.15. The molecule has 0 saturated carbocycles. The molecule has 0 aliphatic carbocycles. The van der Waals surface area contributed by atoms with Crippen molar-refractivity contribution in [3.05, 3.63) is 63.6 Å². The Bertz CT molecular complexity index is 805. The lowest BCUT2D eigenvalue weighted by atomic mass is 10.2. The molecule has 124 valence electrons. The number of ether oxygens (including phenoxy) is 2. The topological polar surface area (TPSA) is 38.8 Å². The van der Waals surface area contributed by atoms with Gasteiger partial charge in [-0.15, -0.1) is 0 Å². The number of hydrogen-bond acceptors (Lipinski definition) is 3. The number of likely N-dealkylation sites (N-methyl/N-ethyl adjacent to an activating group) is 1. The molecule has 1 aliphatic rings. The number of fused-ring (bicyclic) bond motifs is 1. The third-order valence-electron chi connectivity index (χ3n) is 3.59. The third-order valence-corrected chi connectivity index (χ3v) is 4.33. The van der Waals surface area contributed by atoms with Gasteiger partial charge in [-0.1, -0.05) is 35.3 Å². The highest BCUT2D eigenvalue weighted by molar-refractivity contribution is 6.42. The van der Waals surface area contributed by atoms with Crippen molar-refractivity contribution >= 4 is 35.2 Å². The first-order valence-electron chi connectivity index (χ1n) is 7.30. The van der Waals surface area contributed by atoms with E-state index in [0.29, 0.717) is 22.3 Å². The van der Waals surface area contributed by atoms with Crippen LogP contribution in [0.4, 0.5) is 0 Å². The van der Waals surface area contributed by atoms with Crippen molar-refractivity contribution < 1.29 is 14.3 Å². The van der Waals surface area contributed by atoms with Crippen molar-refractivity contribution in [3.63, 3.8) is 0 Å². The Hall–Kier alpha value is -2.17. The molecule has 4 nitrogen and oxygen atoms in total. The summed E-state index contributed by atoms with van der Waals surface area (Å²) in [7, 11) is 1.73. The van der Waals surface area contributed by atoms with E-state index in [0.717, 1.165) is 16.9 Å². The highest BCUT2D eigenvalue weighted by Gasteiger charge is 2.12. The van der Waals surface area contributed by atoms with Crippen LogP contribution in [0.1, 0.15) is 11.1 Å². The zero-order chi connectivity index (χ0) is 17.1. The molecule has 2 aromatic carbocycles. The van der Waals surface area contributed by atoms with E-state index in [1.54, 1.807) is 30.2 Å². The molecular formula is C18H15Cl2NO3. The number of benzene rings is 2. The van der Waals surface area contributed by atoms with Crippen molar-refractivity contribution in [1.82, 2.24) is 4.90 Å². The lowest BCUT2D eigenvalue weighted by Crippen LogP contribution is -2.24. The summed E-state index contributed by atoms with van der Waals surface area (Å²) in [6.45, 7) is 0.676. The molecule has 1 heterocycles. The van der Waals surface area contributed by atoms with Crippen molar-refractivity contribution in [2.24, 2.45) is 0 Å². The number of carbonyl (C=O) groups excluding carboxylic acids is 1. The highest BCUT2D eigenvalue weighted by Crippen LogP contribution is 2.32. The third kappa shape index (κ3) is 3.83. The largest absolute Gasteiger partial charge is 0.454 e. The summed E-state index contributed by atoms with van der Waals surface area (Å²) in [6, 6.07) is 10.9. The fourth-order valence-corrected chi connectivity index (χ4v) is 2.62. The van der Waals surface area contributed by atoms with Crippen LogP contribution in [0.5, 0.6) is 11.5 Å². The molecular weight excluding hydrogens is 349 g/mol. The summed E-state index contributed by atoms with van der Waals surface area (Å²) < 4.78 is 10.6. The predicted molar refractivity (Wildman–Crippen MR) is 94.5 cm³/mol. The van der Waals surface area contributed by atoms with Gasteiger partial charge in [0.25, 0.3) is 0 Å². The molecule has 0 atom stereocenters. The van der Waals surface area contributed by atoms with Crippen molar-refractivity contribution in [1.29, 1.82) is 0 Å². The molecule has 0 unspecified atom stereocenters. The monoisotopic (exact) mass is 363 g/mol. The van der Waals surface area contributed by atoms with E-state index in [9.17, 15) is 4.79 Å². The van der Waals surface area contributed by atoms with Crippen molar-refractivity contribution in [2.45, 2.75) is 6.54 Å². The van der Waals surface area contributed by atoms with E-state index >= 15 is 0 Å². The minimum Gasteiger partial charge on any atom is -0.454 e. The first kappa shape index (κ1) is 16.7. The van der Waals surface area contributed by atoms with E-state index in [1.807, 2.05) is 24.3 Å². The van der Waals surface area contributed by atoms with Gasteiger partial charge in [0.15, 0.2) is 11.5 Å². The lowest BCUT2D eigenvalue weighted by molar-refractivity contribution is -0.125. The van der Waals surface area contributed by atoms with Crippen molar-refractivity contribution in [3.8, 4) is 11.5 Å². The minimum absolute atomic E-state index is 0.112. The van der Waals surface area contributed by atoms with Crippen LogP contribution in [0.25, 0.3) is 6.08 Å². The number of nitrogens with zero attached hydrogens (tertiary/aromatic N) is 1. The first-order valence-corrected chi connectivity index (χ1v) is 8.05. The van der Waals surface area contributed by atoms with Gasteiger partial charge in [0.1, 0.15) is 0 Å². The molecule has 0 fully saturated rings. The van der Waals surface area contributed by atoms with E-state index in [1.165, 1.54) is 6.08 Å². The maximum absolute atomic E-state index is 12.2. The number of halogens is 2. The van der Waals surface area contributed by atoms with Crippen LogP contribution in [0.15, 0.2) is 42.5 Å². The second-order valence-corrected chi connectivity index (χ2v) is 6.20. The number of hydrogen-bond donors (Lipinski definition) is 0. The Balaban J connectivity index is 1.64. The molecule has 6 heteroatoms. The molecule has 1 aliphatic heterocycles. The molecule has 0 bridgehead atoms. The fourth-order valence-electron chi connectivity index (χ4n) is 2.30. The van der Waals surface area contributed by atoms with E-state index < -0.39 is 0 Å². The second kappa shape index (κ2) is 7.16. The molecule has 0 aromatic heterocycles. The average molecular weight is 364 g/mol. The van der Waals surface area contributed by atoms with E-state index in [2.05, 4.69) is 0 Å². The summed E-state index contributed by atoms with van der Waals surface area (Å²) in [5.74, 6) is 1.29. The maximum Gasteiger partial charge on any atom is 0.246 e. The van der Waals surface area contributed by atoms with Gasteiger partial charge in [0.2, 0.25) is 12.7 Å². The van der Waals surface area contributed by atoms with Crippen LogP contribution in [0.3, 0.4) is 0 Å². The number of amides is 1. The second-order valence-electron chi connectivity index (χ2n) is 5.39. The number of rotatable bonds is 4. The van der Waals surface area contributed by atoms with Gasteiger partial charge in [-0.25, -0.2) is 0 Å². The Morgan fingerprint density at radius 1 is 1.12 bits per heavy atom. The molecule has 0 saturated heterocycles. The summed E-state index contributed by atoms with van der Waals surface area (Å²) >= 11 is 11.9. The first-order chi connectivity index (χ1) is 11.5. The van der Waals surface area contributed by atoms with Gasteiger partial charge in [-0.2, -0.15) is 0 Å². The van der Waals surface area contributed by atoms with Crippen LogP contribution < -0.4 is 9.47 Å². The molecule has 0 spiro atoms. The Kier molecular flexibility index (Phi) is 4.97. The van der Waals surface area contributed by atoms with Gasteiger partial charge in [-0.3, -0.25) is 4.79 Å². The smallest absolute Gasteiger partial charge is 0.246 e. The van der Waals surface area contributed by atoms with Gasteiger partial charge in [0, 0.05) is 19.7 Å². The predicted octanol–water partition coefficient (Wildman–Crippen LogP) is 4.39. The zero-order valence-corrected chi connectivity index (χ0v) is 14.5. The molecule has 0 N–H and O–H groups in total. The van der Waals surface area contributed by atoms with Crippen LogP contribution >= 0.6 is 23.2 Å². The standard InChI is InChI=1S/C18H15Cl2NO3/c1-21(10-13-2-5-14(19)15(20)8-13)18(22)7-4-12-3-6-16-17(9-12)24-11-23-16/h2-9H,10-11H2,1H3. The maximum atomic E-state index is 12.2. The SMILES string of the molecule is CN(Cc1ccc(Cl)c(Cl)c1)C(=O)C=Cc1ccc2c(c1)OCO2. The normalized spacial score (nSPS) is 12.6. The van der Waals surface area contributed by atoms with E-state index in [-0.39, 0.29) is 12.7 Å². The molecule has 0 radical (unpaired) electrons. The Labute approximate surface area is 150 Å². The van der Waals surface area contributed by atoms with Crippen LogP contribution in [0.2, 0.25) is 10.0 Å². The van der Waals surface area contributed by atoms with Crippen LogP contribution in [-0.2, 0) is 11.3 Å². The van der Waals surface area contributed by atoms with Gasteiger partial charge in [-0.05, 0) is 41.5 Å². The van der Waals surface area contributed by atoms with Crippen molar-refractivity contribution in [2.75, 3.05) is 13.8 Å². The van der Waals surface area contributed by atoms with E-state index in [4.69, 9.17) is 32.7 Å². The minimum atomic E-state index is -0.112. The summed E-state index contributed by atoms with van der Waals surface area (Å²) in [5.41, 5.74) is 1.78. The zero-order valence-electron chi connectivity index (χ0n) is 13.0. The summed E-state index contributed by atoms with van der Waals surface area (Å²) in [4.78, 5) is 13.8. The molecule has 3 rings (SSSR count). The average Bonchev–Trinajstić information content (AvgIpc) is 3.03. The highest BCUT2D eigenvalue weighted by atomic mass is 35.5. The van der Waals surface area contributed by atoms with Gasteiger partial charge < -0.3 is 14.4 Å². The van der Waals surface area contributed by atoms with Crippen LogP contribution in [0, 0.1) is 0 Å².